The minimum absolute atomic E-state index is 0.0597. The lowest BCUT2D eigenvalue weighted by molar-refractivity contribution is -0.139. The molecule has 1 aromatic carbocycles. The van der Waals surface area contributed by atoms with Crippen molar-refractivity contribution in [2.24, 2.45) is 5.73 Å². The smallest absolute Gasteiger partial charge is 0.368 e. The van der Waals surface area contributed by atoms with Gasteiger partial charge in [0, 0.05) is 11.6 Å². The van der Waals surface area contributed by atoms with E-state index in [0.717, 1.165) is 12.1 Å². The van der Waals surface area contributed by atoms with Crippen LogP contribution in [0.3, 0.4) is 0 Å². The lowest BCUT2D eigenvalue weighted by Crippen LogP contribution is -2.44. The number of carbonyl (C=O) groups excluding carboxylic acids is 1. The highest BCUT2D eigenvalue weighted by Crippen LogP contribution is 2.38. The molecule has 2 N–H and O–H groups in total. The van der Waals surface area contributed by atoms with Crippen molar-refractivity contribution in [1.82, 2.24) is 4.31 Å². The molecule has 0 aromatic heterocycles. The number of nitrogens with two attached hydrogens (primary N) is 1. The van der Waals surface area contributed by atoms with Crippen LogP contribution in [0.2, 0.25) is 5.02 Å². The average molecular weight is 357 g/mol. The van der Waals surface area contributed by atoms with E-state index in [2.05, 4.69) is 0 Å². The molecule has 0 aliphatic carbocycles. The number of nitrogens with zero attached hydrogens (tertiary/aromatic N) is 1. The second-order valence-electron chi connectivity index (χ2n) is 4.81. The van der Waals surface area contributed by atoms with E-state index in [-0.39, 0.29) is 18.0 Å². The number of benzene rings is 1. The molecule has 1 saturated heterocycles. The van der Waals surface area contributed by atoms with Crippen LogP contribution in [-0.2, 0) is 21.0 Å². The zero-order chi connectivity index (χ0) is 16.7. The molecule has 1 amide bonds. The van der Waals surface area contributed by atoms with E-state index in [1.165, 1.54) is 0 Å². The highest BCUT2D eigenvalue weighted by Gasteiger charge is 2.43. The molecule has 122 valence electrons. The van der Waals surface area contributed by atoms with Gasteiger partial charge in [0.05, 0.1) is 10.5 Å². The monoisotopic (exact) mass is 356 g/mol. The van der Waals surface area contributed by atoms with Crippen LogP contribution in [0.4, 0.5) is 13.2 Å². The summed E-state index contributed by atoms with van der Waals surface area (Å²) in [7, 11) is -4.51. The standard InChI is InChI=1S/C12H12ClF3N2O3S/c13-7-3-4-10(8(6-7)12(14,15)16)22(20,21)18-5-1-2-9(18)11(17)19/h3-4,6,9H,1-2,5H2,(H2,17,19)/t9-/m0/s1. The van der Waals surface area contributed by atoms with Crippen LogP contribution in [0.5, 0.6) is 0 Å². The number of rotatable bonds is 3. The van der Waals surface area contributed by atoms with Crippen molar-refractivity contribution in [3.05, 3.63) is 28.8 Å². The Labute approximate surface area is 129 Å². The zero-order valence-corrected chi connectivity index (χ0v) is 12.7. The van der Waals surface area contributed by atoms with Crippen LogP contribution >= 0.6 is 11.6 Å². The van der Waals surface area contributed by atoms with E-state index < -0.39 is 38.6 Å². The molecule has 1 heterocycles. The molecular formula is C12H12ClF3N2O3S. The molecule has 0 radical (unpaired) electrons. The predicted molar refractivity (Wildman–Crippen MR) is 72.6 cm³/mol. The number of carbonyl (C=O) groups is 1. The summed E-state index contributed by atoms with van der Waals surface area (Å²) in [6, 6.07) is 1.25. The lowest BCUT2D eigenvalue weighted by atomic mass is 10.2. The minimum Gasteiger partial charge on any atom is -0.368 e. The highest BCUT2D eigenvalue weighted by atomic mass is 35.5. The first-order valence-corrected chi connectivity index (χ1v) is 8.05. The third kappa shape index (κ3) is 3.06. The van der Waals surface area contributed by atoms with Crippen molar-refractivity contribution in [3.63, 3.8) is 0 Å². The van der Waals surface area contributed by atoms with Crippen molar-refractivity contribution in [1.29, 1.82) is 0 Å². The van der Waals surface area contributed by atoms with E-state index in [4.69, 9.17) is 17.3 Å². The summed E-state index contributed by atoms with van der Waals surface area (Å²) in [6.45, 7) is -0.0597. The van der Waals surface area contributed by atoms with Gasteiger partial charge in [-0.05, 0) is 31.0 Å². The molecule has 0 unspecified atom stereocenters. The van der Waals surface area contributed by atoms with E-state index in [1.807, 2.05) is 0 Å². The van der Waals surface area contributed by atoms with Gasteiger partial charge in [0.1, 0.15) is 6.04 Å². The van der Waals surface area contributed by atoms with Crippen molar-refractivity contribution in [2.45, 2.75) is 30.0 Å². The van der Waals surface area contributed by atoms with Crippen molar-refractivity contribution >= 4 is 27.5 Å². The largest absolute Gasteiger partial charge is 0.417 e. The summed E-state index contributed by atoms with van der Waals surface area (Å²) in [6.07, 6.45) is -4.36. The molecule has 0 bridgehead atoms. The fraction of sp³-hybridized carbons (Fsp3) is 0.417. The second kappa shape index (κ2) is 5.71. The summed E-state index contributed by atoms with van der Waals surface area (Å²) in [5.41, 5.74) is 3.76. The van der Waals surface area contributed by atoms with Gasteiger partial charge in [-0.3, -0.25) is 4.79 Å². The predicted octanol–water partition coefficient (Wildman–Crippen LogP) is 2.00. The third-order valence-electron chi connectivity index (χ3n) is 3.37. The Hall–Kier alpha value is -1.32. The van der Waals surface area contributed by atoms with Crippen LogP contribution in [0, 0.1) is 0 Å². The zero-order valence-electron chi connectivity index (χ0n) is 11.1. The fourth-order valence-electron chi connectivity index (χ4n) is 2.39. The Balaban J connectivity index is 2.58. The molecule has 1 fully saturated rings. The van der Waals surface area contributed by atoms with Crippen LogP contribution in [0.15, 0.2) is 23.1 Å². The highest BCUT2D eigenvalue weighted by molar-refractivity contribution is 7.89. The molecule has 10 heteroatoms. The third-order valence-corrected chi connectivity index (χ3v) is 5.57. The molecule has 1 aliphatic rings. The quantitative estimate of drug-likeness (QED) is 0.899. The molecule has 5 nitrogen and oxygen atoms in total. The normalized spacial score (nSPS) is 20.3. The van der Waals surface area contributed by atoms with Crippen LogP contribution in [-0.4, -0.2) is 31.2 Å². The molecule has 2 rings (SSSR count). The van der Waals surface area contributed by atoms with Crippen LogP contribution in [0.25, 0.3) is 0 Å². The summed E-state index contributed by atoms with van der Waals surface area (Å²) in [4.78, 5) is 10.4. The van der Waals surface area contributed by atoms with Gasteiger partial charge in [-0.2, -0.15) is 17.5 Å². The van der Waals surface area contributed by atoms with Crippen LogP contribution < -0.4 is 5.73 Å². The average Bonchev–Trinajstić information content (AvgIpc) is 2.87. The maximum absolute atomic E-state index is 13.1. The summed E-state index contributed by atoms with van der Waals surface area (Å²) in [5.74, 6) is -0.886. The number of alkyl halides is 3. The van der Waals surface area contributed by atoms with E-state index in [0.29, 0.717) is 16.8 Å². The number of amides is 1. The number of primary amides is 1. The van der Waals surface area contributed by atoms with Gasteiger partial charge in [0.25, 0.3) is 0 Å². The maximum Gasteiger partial charge on any atom is 0.417 e. The van der Waals surface area contributed by atoms with Gasteiger partial charge in [0.15, 0.2) is 0 Å². The van der Waals surface area contributed by atoms with Gasteiger partial charge in [0.2, 0.25) is 15.9 Å². The van der Waals surface area contributed by atoms with E-state index >= 15 is 0 Å². The Morgan fingerprint density at radius 3 is 2.55 bits per heavy atom. The molecule has 1 atom stereocenters. The van der Waals surface area contributed by atoms with Gasteiger partial charge in [-0.25, -0.2) is 8.42 Å². The van der Waals surface area contributed by atoms with E-state index in [1.54, 1.807) is 0 Å². The first-order chi connectivity index (χ1) is 10.0. The van der Waals surface area contributed by atoms with Crippen molar-refractivity contribution in [3.8, 4) is 0 Å². The second-order valence-corrected chi connectivity index (χ2v) is 7.11. The molecule has 1 aliphatic heterocycles. The summed E-state index contributed by atoms with van der Waals surface area (Å²) >= 11 is 5.53. The van der Waals surface area contributed by atoms with Crippen LogP contribution in [0.1, 0.15) is 18.4 Å². The number of sulfonamides is 1. The van der Waals surface area contributed by atoms with Gasteiger partial charge in [-0.15, -0.1) is 0 Å². The SMILES string of the molecule is NC(=O)[C@@H]1CCCN1S(=O)(=O)c1ccc(Cl)cc1C(F)(F)F. The van der Waals surface area contributed by atoms with Gasteiger partial charge in [-0.1, -0.05) is 11.6 Å². The Bertz CT molecular complexity index is 706. The fourth-order valence-corrected chi connectivity index (χ4v) is 4.42. The summed E-state index contributed by atoms with van der Waals surface area (Å²) < 4.78 is 64.9. The van der Waals surface area contributed by atoms with Crippen molar-refractivity contribution in [2.75, 3.05) is 6.54 Å². The lowest BCUT2D eigenvalue weighted by Gasteiger charge is -2.23. The molecule has 0 saturated carbocycles. The van der Waals surface area contributed by atoms with Gasteiger partial charge < -0.3 is 5.73 Å². The molecule has 0 spiro atoms. The molecule has 1 aromatic rings. The number of hydrogen-bond donors (Lipinski definition) is 1. The topological polar surface area (TPSA) is 80.5 Å². The first-order valence-electron chi connectivity index (χ1n) is 6.23. The number of halogens is 4. The molecular weight excluding hydrogens is 345 g/mol. The minimum atomic E-state index is -4.89. The Morgan fingerprint density at radius 2 is 2.00 bits per heavy atom. The summed E-state index contributed by atoms with van der Waals surface area (Å²) in [5, 5.41) is -0.237. The Morgan fingerprint density at radius 1 is 1.36 bits per heavy atom. The maximum atomic E-state index is 13.1. The number of hydrogen-bond acceptors (Lipinski definition) is 3. The Kier molecular flexibility index (Phi) is 4.42. The van der Waals surface area contributed by atoms with E-state index in [9.17, 15) is 26.4 Å². The van der Waals surface area contributed by atoms with Gasteiger partial charge >= 0.3 is 6.18 Å². The van der Waals surface area contributed by atoms with Crippen molar-refractivity contribution < 1.29 is 26.4 Å². The first kappa shape index (κ1) is 17.0. The molecule has 22 heavy (non-hydrogen) atoms.